The Bertz CT molecular complexity index is 1200. The summed E-state index contributed by atoms with van der Waals surface area (Å²) in [6.45, 7) is 2.37. The van der Waals surface area contributed by atoms with Gasteiger partial charge in [0.25, 0.3) is 0 Å². The highest BCUT2D eigenvalue weighted by atomic mass is 16.5. The van der Waals surface area contributed by atoms with E-state index < -0.39 is 86.6 Å². The molecule has 0 fully saturated rings. The maximum atomic E-state index is 10.5. The van der Waals surface area contributed by atoms with Gasteiger partial charge in [0.1, 0.15) is 12.4 Å². The number of methoxy groups -OCH3 is 2. The molecule has 26 heavy (non-hydrogen) atoms. The lowest BCUT2D eigenvalue weighted by atomic mass is 10.0. The fraction of sp³-hybridized carbons (Fsp3) is 0.455. The molecule has 0 bridgehead atoms. The zero-order valence-electron chi connectivity index (χ0n) is 27.9. The topological polar surface area (TPSA) is 47.9 Å². The lowest BCUT2D eigenvalue weighted by molar-refractivity contribution is 0.0976. The van der Waals surface area contributed by atoms with Crippen LogP contribution in [0.4, 0.5) is 0 Å². The second-order valence-corrected chi connectivity index (χ2v) is 5.41. The van der Waals surface area contributed by atoms with E-state index in [0.717, 1.165) is 7.11 Å². The Morgan fingerprint density at radius 2 is 1.96 bits per heavy atom. The molecule has 0 heterocycles. The van der Waals surface area contributed by atoms with Crippen LogP contribution in [0.5, 0.6) is 17.2 Å². The third-order valence-electron chi connectivity index (χ3n) is 3.48. The van der Waals surface area contributed by atoms with Crippen LogP contribution in [0, 0.1) is 13.8 Å². The van der Waals surface area contributed by atoms with Gasteiger partial charge in [-0.3, -0.25) is 0 Å². The van der Waals surface area contributed by atoms with Crippen LogP contribution >= 0.6 is 0 Å². The van der Waals surface area contributed by atoms with E-state index in [9.17, 15) is 5.11 Å². The molecule has 0 aliphatic rings. The van der Waals surface area contributed by atoms with Crippen molar-refractivity contribution in [1.29, 1.82) is 0 Å². The standard InChI is InChI=1S/C22H30O4/c1-16-9-11-20(13-17(16)2)26-15-19(23)8-6-5-7-18-10-12-21(24-3)22(14-18)25-4/h9-14,19,23H,5-8,15H2,1-4H3/i4D3,5D2,8D2,9D,10D,11D,12D,13D,14D. The van der Waals surface area contributed by atoms with E-state index in [1.54, 1.807) is 13.8 Å². The van der Waals surface area contributed by atoms with Gasteiger partial charge in [-0.05, 0) is 73.9 Å². The van der Waals surface area contributed by atoms with Crippen LogP contribution in [0.15, 0.2) is 36.3 Å². The molecule has 0 radical (unpaired) electrons. The minimum Gasteiger partial charge on any atom is -0.493 e. The smallest absolute Gasteiger partial charge is 0.160 e. The minimum atomic E-state index is -3.04. The van der Waals surface area contributed by atoms with E-state index in [0.29, 0.717) is 11.1 Å². The molecular weight excluding hydrogens is 328 g/mol. The van der Waals surface area contributed by atoms with Crippen molar-refractivity contribution in [2.75, 3.05) is 20.8 Å². The van der Waals surface area contributed by atoms with E-state index in [2.05, 4.69) is 0 Å². The highest BCUT2D eigenvalue weighted by molar-refractivity contribution is 5.42. The van der Waals surface area contributed by atoms with Crippen molar-refractivity contribution in [3.63, 3.8) is 0 Å². The molecule has 142 valence electrons. The normalized spacial score (nSPS) is 20.7. The Morgan fingerprint density at radius 1 is 1.12 bits per heavy atom. The molecule has 4 heteroatoms. The predicted molar refractivity (Wildman–Crippen MR) is 105 cm³/mol. The average Bonchev–Trinajstić information content (AvgIpc) is 2.81. The number of rotatable bonds is 10. The van der Waals surface area contributed by atoms with E-state index in [-0.39, 0.29) is 17.8 Å². The van der Waals surface area contributed by atoms with Gasteiger partial charge >= 0.3 is 0 Å². The summed E-state index contributed by atoms with van der Waals surface area (Å²) < 4.78 is 119. The summed E-state index contributed by atoms with van der Waals surface area (Å²) in [6.07, 6.45) is -8.85. The van der Waals surface area contributed by atoms with Crippen molar-refractivity contribution in [3.05, 3.63) is 52.9 Å². The second-order valence-electron chi connectivity index (χ2n) is 5.41. The van der Waals surface area contributed by atoms with Gasteiger partial charge in [0.05, 0.1) is 32.6 Å². The SMILES string of the molecule is [2H]c1c([2H])c(OCC(O)C([2H])([2H])CC([2H])([2H])Cc2c([2H])c([2H])c(OC)c(OC([2H])([2H])[2H])c2[2H])c([2H])c(C)c1C. The Labute approximate surface area is 175 Å². The summed E-state index contributed by atoms with van der Waals surface area (Å²) in [5.74, 6) is -1.49. The van der Waals surface area contributed by atoms with Gasteiger partial charge in [0, 0.05) is 5.48 Å². The van der Waals surface area contributed by atoms with Crippen LogP contribution in [0.3, 0.4) is 0 Å². The van der Waals surface area contributed by atoms with Gasteiger partial charge in [0.2, 0.25) is 0 Å². The lowest BCUT2D eigenvalue weighted by Gasteiger charge is -2.13. The van der Waals surface area contributed by atoms with Crippen LogP contribution in [0.25, 0.3) is 0 Å². The number of hydrogen-bond acceptors (Lipinski definition) is 4. The van der Waals surface area contributed by atoms with E-state index in [4.69, 9.17) is 32.0 Å². The number of aliphatic hydroxyl groups is 1. The summed E-state index contributed by atoms with van der Waals surface area (Å²) in [5.41, 5.74) is 0.375. The molecule has 0 aliphatic carbocycles. The lowest BCUT2D eigenvalue weighted by Crippen LogP contribution is -2.17. The first-order valence-electron chi connectivity index (χ1n) is 14.4. The maximum absolute atomic E-state index is 10.5. The largest absolute Gasteiger partial charge is 0.493 e. The molecule has 1 unspecified atom stereocenters. The summed E-state index contributed by atoms with van der Waals surface area (Å²) in [6, 6.07) is -2.75. The zero-order valence-corrected chi connectivity index (χ0v) is 14.9. The molecule has 2 aromatic carbocycles. The fourth-order valence-corrected chi connectivity index (χ4v) is 1.93. The molecule has 2 rings (SSSR count). The number of aliphatic hydroxyl groups excluding tert-OH is 1. The molecular formula is C22H30O4. The molecule has 0 saturated heterocycles. The van der Waals surface area contributed by atoms with Gasteiger partial charge < -0.3 is 19.3 Å². The van der Waals surface area contributed by atoms with E-state index in [1.807, 2.05) is 0 Å². The zero-order chi connectivity index (χ0) is 30.2. The predicted octanol–water partition coefficient (Wildman–Crippen LogP) is 4.47. The monoisotopic (exact) mass is 371 g/mol. The van der Waals surface area contributed by atoms with E-state index in [1.165, 1.54) is 0 Å². The van der Waals surface area contributed by atoms with Gasteiger partial charge in [-0.2, -0.15) is 0 Å². The van der Waals surface area contributed by atoms with Crippen LogP contribution < -0.4 is 14.2 Å². The molecule has 1 atom stereocenters. The number of hydrogen-bond donors (Lipinski definition) is 1. The van der Waals surface area contributed by atoms with Crippen molar-refractivity contribution in [2.24, 2.45) is 0 Å². The quantitative estimate of drug-likeness (QED) is 0.669. The van der Waals surface area contributed by atoms with Crippen molar-refractivity contribution in [3.8, 4) is 17.2 Å². The highest BCUT2D eigenvalue weighted by Gasteiger charge is 2.07. The Hall–Kier alpha value is -2.20. The molecule has 0 saturated carbocycles. The Morgan fingerprint density at radius 3 is 2.73 bits per heavy atom. The Balaban J connectivity index is 2.31. The van der Waals surface area contributed by atoms with Crippen LogP contribution in [0.1, 0.15) is 53.7 Å². The van der Waals surface area contributed by atoms with Crippen LogP contribution in [0.2, 0.25) is 0 Å². The highest BCUT2D eigenvalue weighted by Crippen LogP contribution is 2.28. The van der Waals surface area contributed by atoms with Gasteiger partial charge in [-0.25, -0.2) is 0 Å². The molecule has 0 spiro atoms. The van der Waals surface area contributed by atoms with Gasteiger partial charge in [0.15, 0.2) is 11.5 Å². The van der Waals surface area contributed by atoms with E-state index >= 15 is 0 Å². The van der Waals surface area contributed by atoms with Crippen molar-refractivity contribution < 1.29 is 37.1 Å². The molecule has 1 N–H and O–H groups in total. The van der Waals surface area contributed by atoms with Crippen molar-refractivity contribution in [1.82, 2.24) is 0 Å². The summed E-state index contributed by atoms with van der Waals surface area (Å²) >= 11 is 0. The van der Waals surface area contributed by atoms with Crippen LogP contribution in [-0.4, -0.2) is 32.0 Å². The second kappa shape index (κ2) is 10.1. The fourth-order valence-electron chi connectivity index (χ4n) is 1.93. The first-order valence-corrected chi connectivity index (χ1v) is 7.88. The molecule has 4 nitrogen and oxygen atoms in total. The van der Waals surface area contributed by atoms with Gasteiger partial charge in [-0.15, -0.1) is 0 Å². The summed E-state index contributed by atoms with van der Waals surface area (Å²) in [4.78, 5) is 0. The molecule has 0 aromatic heterocycles. The van der Waals surface area contributed by atoms with Crippen molar-refractivity contribution in [2.45, 2.75) is 45.5 Å². The Kier molecular flexibility index (Phi) is 3.35. The van der Waals surface area contributed by atoms with Crippen molar-refractivity contribution >= 4 is 0 Å². The summed E-state index contributed by atoms with van der Waals surface area (Å²) in [7, 11) is -1.95. The maximum Gasteiger partial charge on any atom is 0.160 e. The van der Waals surface area contributed by atoms with Gasteiger partial charge in [-0.1, -0.05) is 18.5 Å². The number of ether oxygens (including phenoxy) is 3. The molecule has 2 aromatic rings. The summed E-state index contributed by atoms with van der Waals surface area (Å²) in [5, 5.41) is 10.5. The van der Waals surface area contributed by atoms with Crippen LogP contribution in [-0.2, 0) is 6.42 Å². The first kappa shape index (κ1) is 8.66. The first-order chi connectivity index (χ1) is 17.6. The molecule has 0 amide bonds. The minimum absolute atomic E-state index is 0.181. The average molecular weight is 372 g/mol. The third-order valence-corrected chi connectivity index (χ3v) is 3.48. The third kappa shape index (κ3) is 5.95. The molecule has 0 aliphatic heterocycles. The number of benzene rings is 2.